The van der Waals surface area contributed by atoms with E-state index in [0.717, 1.165) is 45.1 Å². The van der Waals surface area contributed by atoms with Gasteiger partial charge in [0.1, 0.15) is 0 Å². The van der Waals surface area contributed by atoms with Crippen LogP contribution in [-0.4, -0.2) is 61.6 Å². The van der Waals surface area contributed by atoms with Gasteiger partial charge in [-0.1, -0.05) is 50.3 Å². The van der Waals surface area contributed by atoms with Crippen LogP contribution in [0.2, 0.25) is 0 Å². The van der Waals surface area contributed by atoms with Gasteiger partial charge in [0.25, 0.3) is 0 Å². The maximum absolute atomic E-state index is 4.48. The Morgan fingerprint density at radius 2 is 1.96 bits per heavy atom. The summed E-state index contributed by atoms with van der Waals surface area (Å²) in [5.74, 6) is 1.01. The number of guanidine groups is 1. The molecule has 1 aromatic carbocycles. The quantitative estimate of drug-likeness (QED) is 0.643. The van der Waals surface area contributed by atoms with E-state index in [0.29, 0.717) is 6.04 Å². The number of aliphatic imine (C=N–C) groups is 1. The standard InChI is InChI=1S/C20H32N4/c1-5-23(6-2)17(3)16-22-20(21-4)24-14-12-19(13-15-24)18-10-8-7-9-11-18/h7-12,17H,5-6,13-16H2,1-4H3,(H,21,22). The van der Waals surface area contributed by atoms with E-state index in [4.69, 9.17) is 0 Å². The van der Waals surface area contributed by atoms with Gasteiger partial charge in [-0.15, -0.1) is 0 Å². The Morgan fingerprint density at radius 1 is 1.25 bits per heavy atom. The van der Waals surface area contributed by atoms with Gasteiger partial charge >= 0.3 is 0 Å². The van der Waals surface area contributed by atoms with Crippen LogP contribution in [0.15, 0.2) is 41.4 Å². The van der Waals surface area contributed by atoms with Gasteiger partial charge in [-0.2, -0.15) is 0 Å². The fraction of sp³-hybridized carbons (Fsp3) is 0.550. The minimum absolute atomic E-state index is 0.511. The molecule has 0 saturated heterocycles. The molecule has 0 saturated carbocycles. The second-order valence-electron chi connectivity index (χ2n) is 6.29. The summed E-state index contributed by atoms with van der Waals surface area (Å²) in [5, 5.41) is 3.55. The van der Waals surface area contributed by atoms with Crippen LogP contribution in [0.3, 0.4) is 0 Å². The summed E-state index contributed by atoms with van der Waals surface area (Å²) < 4.78 is 0. The van der Waals surface area contributed by atoms with E-state index in [-0.39, 0.29) is 0 Å². The van der Waals surface area contributed by atoms with Crippen molar-refractivity contribution in [1.82, 2.24) is 15.1 Å². The van der Waals surface area contributed by atoms with Crippen molar-refractivity contribution in [2.24, 2.45) is 4.99 Å². The molecule has 2 rings (SSSR count). The van der Waals surface area contributed by atoms with Crippen molar-refractivity contribution in [2.45, 2.75) is 33.2 Å². The van der Waals surface area contributed by atoms with Crippen LogP contribution in [0.25, 0.3) is 5.57 Å². The van der Waals surface area contributed by atoms with Crippen LogP contribution in [-0.2, 0) is 0 Å². The number of hydrogen-bond donors (Lipinski definition) is 1. The Hall–Kier alpha value is -1.81. The zero-order valence-electron chi connectivity index (χ0n) is 15.6. The molecule has 4 nitrogen and oxygen atoms in total. The molecule has 0 aromatic heterocycles. The molecule has 24 heavy (non-hydrogen) atoms. The van der Waals surface area contributed by atoms with Gasteiger partial charge in [-0.25, -0.2) is 0 Å². The molecule has 1 heterocycles. The first-order valence-corrected chi connectivity index (χ1v) is 9.13. The topological polar surface area (TPSA) is 30.9 Å². The zero-order valence-corrected chi connectivity index (χ0v) is 15.6. The number of nitrogens with one attached hydrogen (secondary N) is 1. The fourth-order valence-corrected chi connectivity index (χ4v) is 3.32. The van der Waals surface area contributed by atoms with Crippen molar-refractivity contribution in [3.63, 3.8) is 0 Å². The fourth-order valence-electron chi connectivity index (χ4n) is 3.32. The van der Waals surface area contributed by atoms with Gasteiger partial charge < -0.3 is 10.2 Å². The highest BCUT2D eigenvalue weighted by atomic mass is 15.3. The molecule has 1 N–H and O–H groups in total. The molecule has 1 aromatic rings. The Kier molecular flexibility index (Phi) is 7.32. The van der Waals surface area contributed by atoms with Gasteiger partial charge in [-0.3, -0.25) is 9.89 Å². The van der Waals surface area contributed by atoms with Gasteiger partial charge in [0, 0.05) is 32.7 Å². The summed E-state index contributed by atoms with van der Waals surface area (Å²) in [6, 6.07) is 11.2. The van der Waals surface area contributed by atoms with Crippen LogP contribution in [0.4, 0.5) is 0 Å². The molecular weight excluding hydrogens is 296 g/mol. The molecule has 0 spiro atoms. The van der Waals surface area contributed by atoms with Crippen molar-refractivity contribution in [3.8, 4) is 0 Å². The van der Waals surface area contributed by atoms with Crippen molar-refractivity contribution in [1.29, 1.82) is 0 Å². The second-order valence-corrected chi connectivity index (χ2v) is 6.29. The van der Waals surface area contributed by atoms with E-state index in [2.05, 4.69) is 77.3 Å². The van der Waals surface area contributed by atoms with Crippen molar-refractivity contribution >= 4 is 11.5 Å². The smallest absolute Gasteiger partial charge is 0.193 e. The molecule has 1 aliphatic heterocycles. The summed E-state index contributed by atoms with van der Waals surface area (Å²) >= 11 is 0. The van der Waals surface area contributed by atoms with E-state index in [1.807, 2.05) is 7.05 Å². The maximum atomic E-state index is 4.48. The largest absolute Gasteiger partial charge is 0.355 e. The molecule has 0 fully saturated rings. The predicted molar refractivity (Wildman–Crippen MR) is 104 cm³/mol. The van der Waals surface area contributed by atoms with Crippen molar-refractivity contribution in [2.75, 3.05) is 39.8 Å². The van der Waals surface area contributed by atoms with E-state index < -0.39 is 0 Å². The third-order valence-corrected chi connectivity index (χ3v) is 4.86. The van der Waals surface area contributed by atoms with Crippen LogP contribution in [0.1, 0.15) is 32.8 Å². The predicted octanol–water partition coefficient (Wildman–Crippen LogP) is 3.08. The van der Waals surface area contributed by atoms with Gasteiger partial charge in [-0.05, 0) is 37.6 Å². The Bertz CT molecular complexity index is 546. The average molecular weight is 329 g/mol. The minimum Gasteiger partial charge on any atom is -0.355 e. The molecule has 1 atom stereocenters. The molecule has 1 aliphatic rings. The molecule has 0 aliphatic carbocycles. The van der Waals surface area contributed by atoms with Gasteiger partial charge in [0.05, 0.1) is 0 Å². The molecule has 1 unspecified atom stereocenters. The van der Waals surface area contributed by atoms with Crippen LogP contribution in [0, 0.1) is 0 Å². The normalized spacial score (nSPS) is 17.0. The summed E-state index contributed by atoms with van der Waals surface area (Å²) in [5.41, 5.74) is 2.79. The Balaban J connectivity index is 1.90. The number of benzene rings is 1. The molecule has 0 amide bonds. The highest BCUT2D eigenvalue weighted by Gasteiger charge is 2.17. The first kappa shape index (κ1) is 18.5. The molecule has 132 valence electrons. The molecule has 0 radical (unpaired) electrons. The second kappa shape index (κ2) is 9.48. The first-order valence-electron chi connectivity index (χ1n) is 9.13. The Morgan fingerprint density at radius 3 is 2.50 bits per heavy atom. The van der Waals surface area contributed by atoms with Crippen molar-refractivity contribution < 1.29 is 0 Å². The van der Waals surface area contributed by atoms with E-state index in [1.165, 1.54) is 11.1 Å². The van der Waals surface area contributed by atoms with Crippen molar-refractivity contribution in [3.05, 3.63) is 42.0 Å². The lowest BCUT2D eigenvalue weighted by molar-refractivity contribution is 0.230. The number of nitrogens with zero attached hydrogens (tertiary/aromatic N) is 3. The average Bonchev–Trinajstić information content (AvgIpc) is 2.64. The summed E-state index contributed by atoms with van der Waals surface area (Å²) in [6.45, 7) is 11.8. The molecule has 4 heteroatoms. The van der Waals surface area contributed by atoms with Crippen LogP contribution < -0.4 is 5.32 Å². The number of rotatable bonds is 6. The SMILES string of the molecule is CCN(CC)C(C)CNC(=NC)N1CC=C(c2ccccc2)CC1. The van der Waals surface area contributed by atoms with Gasteiger partial charge in [0.2, 0.25) is 0 Å². The van der Waals surface area contributed by atoms with E-state index in [9.17, 15) is 0 Å². The lowest BCUT2D eigenvalue weighted by Gasteiger charge is -2.32. The highest BCUT2D eigenvalue weighted by molar-refractivity contribution is 5.81. The lowest BCUT2D eigenvalue weighted by Crippen LogP contribution is -2.48. The lowest BCUT2D eigenvalue weighted by atomic mass is 10.00. The minimum atomic E-state index is 0.511. The monoisotopic (exact) mass is 328 g/mol. The number of hydrogen-bond acceptors (Lipinski definition) is 2. The maximum Gasteiger partial charge on any atom is 0.193 e. The van der Waals surface area contributed by atoms with E-state index >= 15 is 0 Å². The molecular formula is C20H32N4. The summed E-state index contributed by atoms with van der Waals surface area (Å²) in [4.78, 5) is 9.27. The summed E-state index contributed by atoms with van der Waals surface area (Å²) in [7, 11) is 1.88. The van der Waals surface area contributed by atoms with Crippen LogP contribution in [0.5, 0.6) is 0 Å². The first-order chi connectivity index (χ1) is 11.7. The zero-order chi connectivity index (χ0) is 17.4. The third kappa shape index (κ3) is 4.84. The van der Waals surface area contributed by atoms with E-state index in [1.54, 1.807) is 0 Å². The number of likely N-dealkylation sites (N-methyl/N-ethyl adjacent to an activating group) is 1. The summed E-state index contributed by atoms with van der Waals surface area (Å²) in [6.07, 6.45) is 3.40. The van der Waals surface area contributed by atoms with Gasteiger partial charge in [0.15, 0.2) is 5.96 Å². The third-order valence-electron chi connectivity index (χ3n) is 4.86. The molecule has 0 bridgehead atoms. The van der Waals surface area contributed by atoms with Crippen LogP contribution >= 0.6 is 0 Å². The highest BCUT2D eigenvalue weighted by Crippen LogP contribution is 2.21. The Labute approximate surface area is 147 Å².